The molecule has 148 valence electrons. The van der Waals surface area contributed by atoms with Gasteiger partial charge in [-0.3, -0.25) is 19.8 Å². The van der Waals surface area contributed by atoms with Crippen LogP contribution in [0.3, 0.4) is 0 Å². The average molecular weight is 395 g/mol. The lowest BCUT2D eigenvalue weighted by Crippen LogP contribution is -2.42. The van der Waals surface area contributed by atoms with E-state index in [2.05, 4.69) is 5.32 Å². The van der Waals surface area contributed by atoms with Gasteiger partial charge in [-0.25, -0.2) is 9.59 Å². The third kappa shape index (κ3) is 3.00. The van der Waals surface area contributed by atoms with E-state index in [0.29, 0.717) is 18.4 Å². The molecule has 0 saturated carbocycles. The number of ether oxygens (including phenoxy) is 1. The predicted molar refractivity (Wildman–Crippen MR) is 100 cm³/mol. The summed E-state index contributed by atoms with van der Waals surface area (Å²) in [7, 11) is 0. The molecule has 1 atom stereocenters. The second-order valence-electron chi connectivity index (χ2n) is 7.06. The van der Waals surface area contributed by atoms with Crippen LogP contribution in [0.15, 0.2) is 42.5 Å². The molecule has 0 bridgehead atoms. The van der Waals surface area contributed by atoms with E-state index in [0.717, 1.165) is 16.0 Å². The van der Waals surface area contributed by atoms with Gasteiger partial charge in [-0.15, -0.1) is 0 Å². The van der Waals surface area contributed by atoms with Crippen molar-refractivity contribution in [1.82, 2.24) is 10.2 Å². The van der Waals surface area contributed by atoms with Gasteiger partial charge in [0.1, 0.15) is 17.8 Å². The largest absolute Gasteiger partial charge is 0.425 e. The van der Waals surface area contributed by atoms with Crippen molar-refractivity contribution in [1.29, 1.82) is 0 Å². The molecular weight excluding hydrogens is 378 g/mol. The number of aryl methyl sites for hydroxylation is 2. The Kier molecular flexibility index (Phi) is 4.30. The Morgan fingerprint density at radius 3 is 2.76 bits per heavy atom. The van der Waals surface area contributed by atoms with Gasteiger partial charge in [-0.2, -0.15) is 0 Å². The van der Waals surface area contributed by atoms with Crippen molar-refractivity contribution in [2.45, 2.75) is 25.3 Å². The van der Waals surface area contributed by atoms with Crippen molar-refractivity contribution < 1.29 is 24.0 Å². The Labute approximate surface area is 165 Å². The molecule has 1 fully saturated rings. The highest BCUT2D eigenvalue weighted by Gasteiger charge is 2.55. The summed E-state index contributed by atoms with van der Waals surface area (Å²) >= 11 is 0. The number of nitro benzene ring substituents is 1. The van der Waals surface area contributed by atoms with Crippen LogP contribution < -0.4 is 10.1 Å². The number of benzene rings is 2. The topological polar surface area (TPSA) is 119 Å². The maximum atomic E-state index is 13.0. The molecule has 1 N–H and O–H groups in total. The molecule has 1 unspecified atom stereocenters. The van der Waals surface area contributed by atoms with Crippen LogP contribution >= 0.6 is 0 Å². The monoisotopic (exact) mass is 395 g/mol. The zero-order valence-electron chi connectivity index (χ0n) is 15.5. The quantitative estimate of drug-likeness (QED) is 0.279. The molecule has 2 aliphatic rings. The highest BCUT2D eigenvalue weighted by Crippen LogP contribution is 2.41. The zero-order valence-corrected chi connectivity index (χ0v) is 15.5. The number of carbonyl (C=O) groups is 3. The molecule has 3 amide bonds. The molecule has 1 heterocycles. The summed E-state index contributed by atoms with van der Waals surface area (Å²) in [5.74, 6) is -1.19. The maximum absolute atomic E-state index is 13.0. The van der Waals surface area contributed by atoms with Gasteiger partial charge in [-0.1, -0.05) is 24.3 Å². The zero-order chi connectivity index (χ0) is 20.8. The molecule has 0 radical (unpaired) electrons. The summed E-state index contributed by atoms with van der Waals surface area (Å²) in [4.78, 5) is 49.0. The lowest BCUT2D eigenvalue weighted by atomic mass is 9.92. The van der Waals surface area contributed by atoms with Gasteiger partial charge < -0.3 is 10.1 Å². The minimum atomic E-state index is -1.14. The smallest absolute Gasteiger partial charge is 0.331 e. The number of nitrogens with zero attached hydrogens (tertiary/aromatic N) is 2. The summed E-state index contributed by atoms with van der Waals surface area (Å²) in [6.45, 7) is 0.971. The first-order valence-electron chi connectivity index (χ1n) is 9.00. The fraction of sp³-hybridized carbons (Fsp3) is 0.250. The number of amides is 3. The first kappa shape index (κ1) is 18.6. The molecule has 2 aromatic rings. The van der Waals surface area contributed by atoms with Crippen LogP contribution in [0.4, 0.5) is 10.5 Å². The number of rotatable bonds is 4. The molecular formula is C20H17N3O6. The van der Waals surface area contributed by atoms with Crippen molar-refractivity contribution in [3.63, 3.8) is 0 Å². The average Bonchev–Trinajstić information content (AvgIpc) is 3.15. The number of esters is 1. The number of fused-ring (bicyclic) bond motifs is 2. The fourth-order valence-corrected chi connectivity index (χ4v) is 3.92. The Bertz CT molecular complexity index is 1070. The summed E-state index contributed by atoms with van der Waals surface area (Å²) in [6.07, 6.45) is 1.09. The number of nitro groups is 1. The second kappa shape index (κ2) is 6.69. The molecule has 2 aromatic carbocycles. The molecule has 1 aliphatic heterocycles. The van der Waals surface area contributed by atoms with Crippen LogP contribution in [0.2, 0.25) is 0 Å². The van der Waals surface area contributed by atoms with Crippen molar-refractivity contribution >= 4 is 23.6 Å². The van der Waals surface area contributed by atoms with Crippen LogP contribution in [-0.2, 0) is 21.5 Å². The minimum absolute atomic E-state index is 0.0965. The number of carbonyl (C=O) groups excluding carboxylic acids is 3. The highest BCUT2D eigenvalue weighted by molar-refractivity contribution is 6.09. The lowest BCUT2D eigenvalue weighted by Gasteiger charge is -2.22. The van der Waals surface area contributed by atoms with Crippen molar-refractivity contribution in [3.05, 3.63) is 69.3 Å². The van der Waals surface area contributed by atoms with Crippen LogP contribution in [-0.4, -0.2) is 34.3 Å². The summed E-state index contributed by atoms with van der Waals surface area (Å²) in [5.41, 5.74) is 0.836. The van der Waals surface area contributed by atoms with Gasteiger partial charge in [0.05, 0.1) is 4.92 Å². The molecule has 1 saturated heterocycles. The highest BCUT2D eigenvalue weighted by atomic mass is 16.6. The molecule has 29 heavy (non-hydrogen) atoms. The van der Waals surface area contributed by atoms with Crippen LogP contribution in [0.5, 0.6) is 5.75 Å². The van der Waals surface area contributed by atoms with E-state index >= 15 is 0 Å². The first-order valence-corrected chi connectivity index (χ1v) is 9.00. The van der Waals surface area contributed by atoms with E-state index in [9.17, 15) is 24.5 Å². The molecule has 9 nitrogen and oxygen atoms in total. The predicted octanol–water partition coefficient (Wildman–Crippen LogP) is 2.20. The van der Waals surface area contributed by atoms with E-state index in [1.807, 2.05) is 18.2 Å². The minimum Gasteiger partial charge on any atom is -0.425 e. The van der Waals surface area contributed by atoms with E-state index < -0.39 is 34.9 Å². The van der Waals surface area contributed by atoms with Crippen molar-refractivity contribution in [2.24, 2.45) is 0 Å². The Morgan fingerprint density at radius 1 is 1.28 bits per heavy atom. The Balaban J connectivity index is 1.50. The fourth-order valence-electron chi connectivity index (χ4n) is 3.92. The number of imide groups is 1. The lowest BCUT2D eigenvalue weighted by molar-refractivity contribution is -0.385. The summed E-state index contributed by atoms with van der Waals surface area (Å²) in [6, 6.07) is 10.6. The Morgan fingerprint density at radius 2 is 2.03 bits per heavy atom. The third-order valence-corrected chi connectivity index (χ3v) is 5.31. The summed E-state index contributed by atoms with van der Waals surface area (Å²) in [5, 5.41) is 13.6. The first-order chi connectivity index (χ1) is 13.8. The number of nitrogens with one attached hydrogen (secondary N) is 1. The van der Waals surface area contributed by atoms with Crippen LogP contribution in [0.25, 0.3) is 0 Å². The normalized spacial score (nSPS) is 20.0. The van der Waals surface area contributed by atoms with Gasteiger partial charge in [0.15, 0.2) is 0 Å². The molecule has 1 spiro atoms. The van der Waals surface area contributed by atoms with Gasteiger partial charge in [0.25, 0.3) is 11.6 Å². The molecule has 4 rings (SSSR count). The van der Waals surface area contributed by atoms with Gasteiger partial charge in [0.2, 0.25) is 0 Å². The molecule has 0 aromatic heterocycles. The number of hydrogen-bond acceptors (Lipinski definition) is 6. The second-order valence-corrected chi connectivity index (χ2v) is 7.06. The van der Waals surface area contributed by atoms with E-state index in [4.69, 9.17) is 4.74 Å². The number of hydrogen-bond donors (Lipinski definition) is 1. The standard InChI is InChI=1S/C20H17N3O6/c1-12-10-14(6-7-16(12)23(27)28)29-17(24)11-22-18(25)20(21-19(22)26)9-8-13-4-2-3-5-15(13)20/h2-7,10H,8-9,11H2,1H3,(H,21,26). The van der Waals surface area contributed by atoms with E-state index in [1.54, 1.807) is 6.07 Å². The maximum Gasteiger partial charge on any atom is 0.331 e. The van der Waals surface area contributed by atoms with Gasteiger partial charge in [-0.05, 0) is 43.0 Å². The van der Waals surface area contributed by atoms with Crippen molar-refractivity contribution in [3.8, 4) is 5.75 Å². The number of urea groups is 1. The Hall–Kier alpha value is -3.75. The van der Waals surface area contributed by atoms with Crippen LogP contribution in [0.1, 0.15) is 23.1 Å². The van der Waals surface area contributed by atoms with Gasteiger partial charge in [0, 0.05) is 11.6 Å². The van der Waals surface area contributed by atoms with E-state index in [1.165, 1.54) is 25.1 Å². The SMILES string of the molecule is Cc1cc(OC(=O)CN2C(=O)NC3(CCc4ccccc43)C2=O)ccc1[N+](=O)[O-]. The molecule has 9 heteroatoms. The van der Waals surface area contributed by atoms with Crippen LogP contribution in [0, 0.1) is 17.0 Å². The summed E-state index contributed by atoms with van der Waals surface area (Å²) < 4.78 is 5.17. The van der Waals surface area contributed by atoms with Gasteiger partial charge >= 0.3 is 12.0 Å². The molecule has 1 aliphatic carbocycles. The van der Waals surface area contributed by atoms with Crippen molar-refractivity contribution in [2.75, 3.05) is 6.54 Å². The third-order valence-electron chi connectivity index (χ3n) is 5.31. The van der Waals surface area contributed by atoms with E-state index in [-0.39, 0.29) is 11.4 Å².